The van der Waals surface area contributed by atoms with Gasteiger partial charge in [0.05, 0.1) is 0 Å². The zero-order chi connectivity index (χ0) is 19.4. The van der Waals surface area contributed by atoms with Crippen molar-refractivity contribution in [1.82, 2.24) is 4.90 Å². The normalized spacial score (nSPS) is 11.2. The van der Waals surface area contributed by atoms with Crippen LogP contribution in [0.3, 0.4) is 0 Å². The van der Waals surface area contributed by atoms with Crippen LogP contribution in [0, 0.1) is 29.1 Å². The van der Waals surface area contributed by atoms with Crippen LogP contribution in [0.25, 0.3) is 0 Å². The van der Waals surface area contributed by atoms with E-state index in [0.717, 1.165) is 11.1 Å². The quantitative estimate of drug-likeness (QED) is 0.308. The Morgan fingerprint density at radius 2 is 0.852 bits per heavy atom. The van der Waals surface area contributed by atoms with Gasteiger partial charge >= 0.3 is 0 Å². The van der Waals surface area contributed by atoms with Gasteiger partial charge in [0.2, 0.25) is 5.82 Å². The molecule has 0 spiro atoms. The van der Waals surface area contributed by atoms with Crippen LogP contribution in [0.15, 0.2) is 60.7 Å². The molecule has 0 fully saturated rings. The molecule has 0 aromatic heterocycles. The van der Waals surface area contributed by atoms with E-state index in [9.17, 15) is 22.0 Å². The summed E-state index contributed by atoms with van der Waals surface area (Å²) in [6.45, 7) is 0.153. The summed E-state index contributed by atoms with van der Waals surface area (Å²) in [5.41, 5.74) is 0.882. The molecular weight excluding hydrogens is 361 g/mol. The molecule has 0 N–H and O–H groups in total. The van der Waals surface area contributed by atoms with Crippen LogP contribution in [0.2, 0.25) is 0 Å². The molecule has 0 saturated heterocycles. The third-order valence-electron chi connectivity index (χ3n) is 4.18. The van der Waals surface area contributed by atoms with Crippen LogP contribution in [0.4, 0.5) is 22.0 Å². The van der Waals surface area contributed by atoms with Crippen molar-refractivity contribution in [2.45, 2.75) is 19.6 Å². The van der Waals surface area contributed by atoms with Crippen molar-refractivity contribution in [3.8, 4) is 0 Å². The minimum Gasteiger partial charge on any atom is -0.290 e. The molecule has 0 amide bonds. The summed E-state index contributed by atoms with van der Waals surface area (Å²) in [4.78, 5) is 1.63. The first-order chi connectivity index (χ1) is 13.0. The van der Waals surface area contributed by atoms with Gasteiger partial charge in [0.25, 0.3) is 0 Å². The molecule has 3 aromatic rings. The minimum atomic E-state index is -2.15. The Hall–Kier alpha value is -2.73. The number of nitrogens with zero attached hydrogens (tertiary/aromatic N) is 1. The summed E-state index contributed by atoms with van der Waals surface area (Å²) >= 11 is 0. The predicted octanol–water partition coefficient (Wildman–Crippen LogP) is 5.58. The highest BCUT2D eigenvalue weighted by molar-refractivity contribution is 5.25. The maximum absolute atomic E-state index is 14.1. The second-order valence-electron chi connectivity index (χ2n) is 6.16. The molecule has 140 valence electrons. The average Bonchev–Trinajstić information content (AvgIpc) is 2.69. The van der Waals surface area contributed by atoms with Crippen molar-refractivity contribution in [2.75, 3.05) is 0 Å². The van der Waals surface area contributed by atoms with Crippen LogP contribution in [0.1, 0.15) is 16.7 Å². The van der Waals surface area contributed by atoms with Gasteiger partial charge in [-0.25, -0.2) is 22.0 Å². The fraction of sp³-hybridized carbons (Fsp3) is 0.143. The monoisotopic (exact) mass is 377 g/mol. The Bertz CT molecular complexity index is 842. The fourth-order valence-corrected chi connectivity index (χ4v) is 2.86. The Morgan fingerprint density at radius 1 is 0.481 bits per heavy atom. The summed E-state index contributed by atoms with van der Waals surface area (Å²) in [5, 5.41) is 0. The van der Waals surface area contributed by atoms with E-state index in [0.29, 0.717) is 0 Å². The van der Waals surface area contributed by atoms with E-state index >= 15 is 0 Å². The molecule has 0 bridgehead atoms. The van der Waals surface area contributed by atoms with Gasteiger partial charge in [-0.3, -0.25) is 4.90 Å². The molecule has 0 aliphatic rings. The number of benzene rings is 3. The van der Waals surface area contributed by atoms with Crippen molar-refractivity contribution in [2.24, 2.45) is 0 Å². The van der Waals surface area contributed by atoms with Crippen LogP contribution >= 0.6 is 0 Å². The smallest absolute Gasteiger partial charge is 0.200 e. The summed E-state index contributed by atoms with van der Waals surface area (Å²) in [6, 6.07) is 18.2. The van der Waals surface area contributed by atoms with Crippen molar-refractivity contribution in [1.29, 1.82) is 0 Å². The maximum Gasteiger partial charge on any atom is 0.200 e. The standard InChI is InChI=1S/C21H16F5N/c22-17-16(18(23)20(25)21(26)19(17)24)13-27(11-14-7-3-1-4-8-14)12-15-9-5-2-6-10-15/h1-10H,11-13H2. The van der Waals surface area contributed by atoms with E-state index in [1.807, 2.05) is 60.7 Å². The Labute approximate surface area is 153 Å². The summed E-state index contributed by atoms with van der Waals surface area (Å²) in [6.07, 6.45) is 0. The minimum absolute atomic E-state index is 0.287. The second-order valence-corrected chi connectivity index (χ2v) is 6.16. The first-order valence-electron chi connectivity index (χ1n) is 8.28. The molecule has 3 rings (SSSR count). The highest BCUT2D eigenvalue weighted by Crippen LogP contribution is 2.25. The number of halogens is 5. The van der Waals surface area contributed by atoms with E-state index in [-0.39, 0.29) is 13.1 Å². The van der Waals surface area contributed by atoms with E-state index in [1.165, 1.54) is 0 Å². The zero-order valence-corrected chi connectivity index (χ0v) is 14.2. The molecule has 0 saturated carbocycles. The topological polar surface area (TPSA) is 3.24 Å². The molecule has 6 heteroatoms. The lowest BCUT2D eigenvalue weighted by Gasteiger charge is -2.23. The van der Waals surface area contributed by atoms with Crippen LogP contribution < -0.4 is 0 Å². The van der Waals surface area contributed by atoms with Crippen LogP contribution in [-0.2, 0) is 19.6 Å². The molecule has 0 aliphatic heterocycles. The number of rotatable bonds is 6. The molecule has 0 unspecified atom stereocenters. The van der Waals surface area contributed by atoms with Gasteiger partial charge in [0, 0.05) is 25.2 Å². The number of hydrogen-bond donors (Lipinski definition) is 0. The van der Waals surface area contributed by atoms with Gasteiger partial charge < -0.3 is 0 Å². The van der Waals surface area contributed by atoms with Crippen LogP contribution in [0.5, 0.6) is 0 Å². The van der Waals surface area contributed by atoms with Gasteiger partial charge in [0.15, 0.2) is 23.3 Å². The van der Waals surface area contributed by atoms with E-state index in [4.69, 9.17) is 0 Å². The third kappa shape index (κ3) is 4.34. The van der Waals surface area contributed by atoms with E-state index in [1.54, 1.807) is 4.90 Å². The third-order valence-corrected chi connectivity index (χ3v) is 4.18. The van der Waals surface area contributed by atoms with E-state index < -0.39 is 41.2 Å². The van der Waals surface area contributed by atoms with Gasteiger partial charge in [-0.1, -0.05) is 60.7 Å². The summed E-state index contributed by atoms with van der Waals surface area (Å²) < 4.78 is 68.5. The Balaban J connectivity index is 1.94. The molecule has 0 heterocycles. The van der Waals surface area contributed by atoms with Crippen molar-refractivity contribution < 1.29 is 22.0 Å². The first-order valence-corrected chi connectivity index (χ1v) is 8.28. The molecule has 0 aliphatic carbocycles. The fourth-order valence-electron chi connectivity index (χ4n) is 2.86. The van der Waals surface area contributed by atoms with Crippen molar-refractivity contribution in [3.05, 3.63) is 106 Å². The molecule has 0 radical (unpaired) electrons. The lowest BCUT2D eigenvalue weighted by molar-refractivity contribution is 0.235. The molecule has 3 aromatic carbocycles. The predicted molar refractivity (Wildman–Crippen MR) is 92.1 cm³/mol. The molecule has 0 atom stereocenters. The van der Waals surface area contributed by atoms with Crippen molar-refractivity contribution in [3.63, 3.8) is 0 Å². The van der Waals surface area contributed by atoms with Crippen molar-refractivity contribution >= 4 is 0 Å². The average molecular weight is 377 g/mol. The lowest BCUT2D eigenvalue weighted by atomic mass is 10.1. The van der Waals surface area contributed by atoms with Gasteiger partial charge in [-0.2, -0.15) is 0 Å². The van der Waals surface area contributed by atoms with Crippen LogP contribution in [-0.4, -0.2) is 4.90 Å². The van der Waals surface area contributed by atoms with Gasteiger partial charge in [-0.05, 0) is 11.1 Å². The Kier molecular flexibility index (Phi) is 5.86. The summed E-state index contributed by atoms with van der Waals surface area (Å²) in [7, 11) is 0. The first kappa shape index (κ1) is 19.0. The molecule has 27 heavy (non-hydrogen) atoms. The number of hydrogen-bond acceptors (Lipinski definition) is 1. The second kappa shape index (κ2) is 8.31. The molecular formula is C21H16F5N. The summed E-state index contributed by atoms with van der Waals surface area (Å²) in [5.74, 6) is -9.59. The zero-order valence-electron chi connectivity index (χ0n) is 14.2. The van der Waals surface area contributed by atoms with E-state index in [2.05, 4.69) is 0 Å². The SMILES string of the molecule is Fc1c(F)c(F)c(CN(Cc2ccccc2)Cc2ccccc2)c(F)c1F. The van der Waals surface area contributed by atoms with Gasteiger partial charge in [0.1, 0.15) is 0 Å². The maximum atomic E-state index is 14.1. The Morgan fingerprint density at radius 3 is 1.26 bits per heavy atom. The molecule has 1 nitrogen and oxygen atoms in total. The lowest BCUT2D eigenvalue weighted by Crippen LogP contribution is -2.24. The largest absolute Gasteiger partial charge is 0.290 e. The highest BCUT2D eigenvalue weighted by Gasteiger charge is 2.26. The van der Waals surface area contributed by atoms with Gasteiger partial charge in [-0.15, -0.1) is 0 Å². The highest BCUT2D eigenvalue weighted by atomic mass is 19.2.